The lowest BCUT2D eigenvalue weighted by molar-refractivity contribution is -0.141. The number of nitrogens with zero attached hydrogens (tertiary/aromatic N) is 2. The van der Waals surface area contributed by atoms with Crippen LogP contribution in [0, 0.1) is 0 Å². The van der Waals surface area contributed by atoms with Crippen molar-refractivity contribution in [2.45, 2.75) is 39.3 Å². The summed E-state index contributed by atoms with van der Waals surface area (Å²) in [6.45, 7) is 3.92. The molecule has 2 aromatic rings. The number of rotatable bonds is 6. The fourth-order valence-corrected chi connectivity index (χ4v) is 2.72. The molecule has 1 unspecified atom stereocenters. The van der Waals surface area contributed by atoms with Gasteiger partial charge in [-0.25, -0.2) is 14.2 Å². The Hall–Kier alpha value is -2.57. The van der Waals surface area contributed by atoms with Gasteiger partial charge in [0, 0.05) is 6.54 Å². The van der Waals surface area contributed by atoms with E-state index in [0.29, 0.717) is 24.2 Å². The molecule has 0 aliphatic carbocycles. The van der Waals surface area contributed by atoms with E-state index in [1.165, 1.54) is 17.7 Å². The van der Waals surface area contributed by atoms with Gasteiger partial charge in [0.05, 0.1) is 18.0 Å². The molecule has 0 radical (unpaired) electrons. The summed E-state index contributed by atoms with van der Waals surface area (Å²) in [4.78, 5) is 36.9. The van der Waals surface area contributed by atoms with Crippen LogP contribution in [0.4, 0.5) is 0 Å². The van der Waals surface area contributed by atoms with Crippen molar-refractivity contribution in [2.24, 2.45) is 0 Å². The molecular formula is C16H20N2O5. The summed E-state index contributed by atoms with van der Waals surface area (Å²) in [5.41, 5.74) is -0.731. The van der Waals surface area contributed by atoms with E-state index >= 15 is 0 Å². The molecule has 2 rings (SSSR count). The highest BCUT2D eigenvalue weighted by molar-refractivity contribution is 5.80. The van der Waals surface area contributed by atoms with Crippen LogP contribution in [0.15, 0.2) is 27.8 Å². The third-order valence-corrected chi connectivity index (χ3v) is 3.86. The Morgan fingerprint density at radius 1 is 1.30 bits per heavy atom. The van der Waals surface area contributed by atoms with Crippen LogP contribution >= 0.6 is 0 Å². The fraction of sp³-hybridized carbons (Fsp3) is 0.438. The van der Waals surface area contributed by atoms with Gasteiger partial charge in [-0.2, -0.15) is 0 Å². The monoisotopic (exact) mass is 320 g/mol. The Bertz CT molecular complexity index is 850. The Labute approximate surface area is 132 Å². The number of hydrogen-bond donors (Lipinski definition) is 1. The Kier molecular flexibility index (Phi) is 4.88. The summed E-state index contributed by atoms with van der Waals surface area (Å²) in [5, 5.41) is 9.68. The average Bonchev–Trinajstić information content (AvgIpc) is 2.54. The standard InChI is InChI=1S/C16H20N2O5/c1-4-6-13(15(20)21)18-14(19)11-9-10(23-3)7-8-12(11)17(5-2)16(18)22/h7-9,13H,4-6H2,1-3H3,(H,20,21). The Morgan fingerprint density at radius 2 is 2.00 bits per heavy atom. The number of methoxy groups -OCH3 is 1. The zero-order valence-electron chi connectivity index (χ0n) is 13.4. The second-order valence-corrected chi connectivity index (χ2v) is 5.23. The molecule has 7 heteroatoms. The molecule has 1 aromatic heterocycles. The maximum atomic E-state index is 12.7. The third-order valence-electron chi connectivity index (χ3n) is 3.86. The van der Waals surface area contributed by atoms with Crippen LogP contribution in [0.3, 0.4) is 0 Å². The normalized spacial score (nSPS) is 12.3. The van der Waals surface area contributed by atoms with Crippen LogP contribution in [0.1, 0.15) is 32.7 Å². The van der Waals surface area contributed by atoms with Crippen LogP contribution in [0.5, 0.6) is 5.75 Å². The van der Waals surface area contributed by atoms with Gasteiger partial charge in [0.15, 0.2) is 0 Å². The summed E-state index contributed by atoms with van der Waals surface area (Å²) < 4.78 is 7.37. The molecule has 1 N–H and O–H groups in total. The average molecular weight is 320 g/mol. The lowest BCUT2D eigenvalue weighted by atomic mass is 10.1. The van der Waals surface area contributed by atoms with Crippen molar-refractivity contribution < 1.29 is 14.6 Å². The number of benzene rings is 1. The van der Waals surface area contributed by atoms with E-state index < -0.39 is 23.3 Å². The van der Waals surface area contributed by atoms with E-state index in [1.807, 2.05) is 6.92 Å². The number of aliphatic carboxylic acids is 1. The molecule has 124 valence electrons. The van der Waals surface area contributed by atoms with E-state index in [1.54, 1.807) is 19.1 Å². The first-order chi connectivity index (χ1) is 11.0. The number of aromatic nitrogens is 2. The van der Waals surface area contributed by atoms with Crippen molar-refractivity contribution in [3.63, 3.8) is 0 Å². The van der Waals surface area contributed by atoms with Crippen molar-refractivity contribution in [3.8, 4) is 5.75 Å². The van der Waals surface area contributed by atoms with E-state index in [2.05, 4.69) is 0 Å². The Balaban J connectivity index is 2.91. The molecule has 0 amide bonds. The predicted octanol–water partition coefficient (Wildman–Crippen LogP) is 1.62. The largest absolute Gasteiger partial charge is 0.497 e. The summed E-state index contributed by atoms with van der Waals surface area (Å²) in [6.07, 6.45) is 0.759. The van der Waals surface area contributed by atoms with Gasteiger partial charge >= 0.3 is 11.7 Å². The van der Waals surface area contributed by atoms with Gasteiger partial charge in [0.1, 0.15) is 11.8 Å². The molecule has 0 saturated heterocycles. The van der Waals surface area contributed by atoms with Crippen molar-refractivity contribution in [1.29, 1.82) is 0 Å². The molecule has 23 heavy (non-hydrogen) atoms. The number of ether oxygens (including phenoxy) is 1. The molecule has 0 aliphatic heterocycles. The molecule has 1 heterocycles. The number of fused-ring (bicyclic) bond motifs is 1. The maximum Gasteiger partial charge on any atom is 0.332 e. The van der Waals surface area contributed by atoms with Gasteiger partial charge in [-0.15, -0.1) is 0 Å². The van der Waals surface area contributed by atoms with Crippen LogP contribution < -0.4 is 16.0 Å². The van der Waals surface area contributed by atoms with Gasteiger partial charge in [0.2, 0.25) is 0 Å². The van der Waals surface area contributed by atoms with Crippen molar-refractivity contribution in [3.05, 3.63) is 39.0 Å². The van der Waals surface area contributed by atoms with E-state index in [4.69, 9.17) is 4.74 Å². The first kappa shape index (κ1) is 16.8. The summed E-state index contributed by atoms with van der Waals surface area (Å²) in [5.74, 6) is -0.708. The van der Waals surface area contributed by atoms with Gasteiger partial charge in [-0.3, -0.25) is 9.36 Å². The predicted molar refractivity (Wildman–Crippen MR) is 86.3 cm³/mol. The number of carbonyl (C=O) groups is 1. The number of hydrogen-bond acceptors (Lipinski definition) is 4. The fourth-order valence-electron chi connectivity index (χ4n) is 2.72. The zero-order valence-corrected chi connectivity index (χ0v) is 13.4. The third kappa shape index (κ3) is 2.86. The minimum Gasteiger partial charge on any atom is -0.497 e. The van der Waals surface area contributed by atoms with Crippen LogP contribution in [-0.4, -0.2) is 27.3 Å². The van der Waals surface area contributed by atoms with Crippen LogP contribution in [0.2, 0.25) is 0 Å². The van der Waals surface area contributed by atoms with Gasteiger partial charge in [0.25, 0.3) is 5.56 Å². The SMILES string of the molecule is CCCC(C(=O)O)n1c(=O)c2cc(OC)ccc2n(CC)c1=O. The lowest BCUT2D eigenvalue weighted by Crippen LogP contribution is -2.44. The van der Waals surface area contributed by atoms with Gasteiger partial charge in [-0.05, 0) is 31.5 Å². The maximum absolute atomic E-state index is 12.7. The minimum absolute atomic E-state index is 0.212. The van der Waals surface area contributed by atoms with Crippen molar-refractivity contribution in [2.75, 3.05) is 7.11 Å². The number of aryl methyl sites for hydroxylation is 1. The lowest BCUT2D eigenvalue weighted by Gasteiger charge is -2.18. The summed E-state index contributed by atoms with van der Waals surface area (Å²) in [7, 11) is 1.48. The molecule has 0 aliphatic rings. The second-order valence-electron chi connectivity index (χ2n) is 5.23. The van der Waals surface area contributed by atoms with Gasteiger partial charge in [-0.1, -0.05) is 13.3 Å². The zero-order chi connectivity index (χ0) is 17.1. The number of carboxylic acid groups (broad SMARTS) is 1. The molecular weight excluding hydrogens is 300 g/mol. The van der Waals surface area contributed by atoms with Crippen LogP contribution in [0.25, 0.3) is 10.9 Å². The minimum atomic E-state index is -1.18. The van der Waals surface area contributed by atoms with Crippen molar-refractivity contribution in [1.82, 2.24) is 9.13 Å². The van der Waals surface area contributed by atoms with E-state index in [0.717, 1.165) is 4.57 Å². The molecule has 0 fully saturated rings. The van der Waals surface area contributed by atoms with Crippen LogP contribution in [-0.2, 0) is 11.3 Å². The molecule has 1 aromatic carbocycles. The molecule has 0 spiro atoms. The first-order valence-corrected chi connectivity index (χ1v) is 7.52. The summed E-state index contributed by atoms with van der Waals surface area (Å²) in [6, 6.07) is 3.66. The first-order valence-electron chi connectivity index (χ1n) is 7.52. The quantitative estimate of drug-likeness (QED) is 0.873. The molecule has 0 bridgehead atoms. The second kappa shape index (κ2) is 6.68. The molecule has 7 nitrogen and oxygen atoms in total. The number of carboxylic acids is 1. The topological polar surface area (TPSA) is 90.5 Å². The molecule has 1 atom stereocenters. The summed E-state index contributed by atoms with van der Waals surface area (Å²) >= 11 is 0. The van der Waals surface area contributed by atoms with Gasteiger partial charge < -0.3 is 9.84 Å². The van der Waals surface area contributed by atoms with Crippen molar-refractivity contribution >= 4 is 16.9 Å². The van der Waals surface area contributed by atoms with E-state index in [-0.39, 0.29) is 11.8 Å². The molecule has 0 saturated carbocycles. The smallest absolute Gasteiger partial charge is 0.332 e. The highest BCUT2D eigenvalue weighted by Crippen LogP contribution is 2.18. The highest BCUT2D eigenvalue weighted by atomic mass is 16.5. The highest BCUT2D eigenvalue weighted by Gasteiger charge is 2.25. The Morgan fingerprint density at radius 3 is 2.52 bits per heavy atom. The van der Waals surface area contributed by atoms with E-state index in [9.17, 15) is 19.5 Å².